The first-order chi connectivity index (χ1) is 16.3. The Labute approximate surface area is 190 Å². The highest BCUT2D eigenvalue weighted by Gasteiger charge is 2.62. The zero-order chi connectivity index (χ0) is 24.3. The molecule has 1 N–H and O–H groups in total. The topological polar surface area (TPSA) is 117 Å². The van der Waals surface area contributed by atoms with Gasteiger partial charge >= 0.3 is 23.6 Å². The van der Waals surface area contributed by atoms with Gasteiger partial charge in [-0.05, 0) is 24.3 Å². The Balaban J connectivity index is 1.62. The molecule has 0 radical (unpaired) electrons. The number of rotatable bonds is 6. The van der Waals surface area contributed by atoms with E-state index in [1.54, 1.807) is 24.3 Å². The van der Waals surface area contributed by atoms with Crippen LogP contribution in [0.15, 0.2) is 82.5 Å². The summed E-state index contributed by atoms with van der Waals surface area (Å²) in [7, 11) is 0. The molecule has 3 atom stereocenters. The van der Waals surface area contributed by atoms with Gasteiger partial charge in [0.1, 0.15) is 12.7 Å². The summed E-state index contributed by atoms with van der Waals surface area (Å²) in [6, 6.07) is 16.1. The molecule has 4 rings (SSSR count). The zero-order valence-corrected chi connectivity index (χ0v) is 17.4. The maximum atomic E-state index is 15.4. The molecule has 2 heterocycles. The Kier molecular flexibility index (Phi) is 6.37. The van der Waals surface area contributed by atoms with Crippen molar-refractivity contribution >= 4 is 11.9 Å². The van der Waals surface area contributed by atoms with Gasteiger partial charge in [-0.2, -0.15) is 8.78 Å². The fourth-order valence-corrected chi connectivity index (χ4v) is 3.43. The average molecular weight is 475 g/mol. The van der Waals surface area contributed by atoms with Gasteiger partial charge in [-0.15, -0.1) is 0 Å². The van der Waals surface area contributed by atoms with E-state index >= 15 is 8.78 Å². The Morgan fingerprint density at radius 2 is 1.53 bits per heavy atom. The number of ether oxygens (including phenoxy) is 3. The zero-order valence-electron chi connectivity index (χ0n) is 17.4. The fraction of sp³-hybridized carbons (Fsp3) is 0.217. The summed E-state index contributed by atoms with van der Waals surface area (Å²) >= 11 is 0. The second kappa shape index (κ2) is 9.40. The third-order valence-electron chi connectivity index (χ3n) is 5.09. The molecule has 0 amide bonds. The van der Waals surface area contributed by atoms with Crippen LogP contribution in [0.5, 0.6) is 0 Å². The van der Waals surface area contributed by atoms with Gasteiger partial charge in [0.05, 0.1) is 11.1 Å². The summed E-state index contributed by atoms with van der Waals surface area (Å²) in [6.45, 7) is -0.690. The van der Waals surface area contributed by atoms with Crippen molar-refractivity contribution in [3.63, 3.8) is 0 Å². The largest absolute Gasteiger partial charge is 0.459 e. The molecule has 1 fully saturated rings. The third kappa shape index (κ3) is 4.64. The van der Waals surface area contributed by atoms with Crippen molar-refractivity contribution in [3.8, 4) is 0 Å². The minimum Gasteiger partial charge on any atom is -0.459 e. The van der Waals surface area contributed by atoms with Crippen LogP contribution in [0.1, 0.15) is 26.9 Å². The summed E-state index contributed by atoms with van der Waals surface area (Å²) in [4.78, 5) is 50.1. The maximum absolute atomic E-state index is 15.4. The number of esters is 2. The van der Waals surface area contributed by atoms with Gasteiger partial charge in [0, 0.05) is 12.3 Å². The van der Waals surface area contributed by atoms with Crippen LogP contribution in [0.25, 0.3) is 0 Å². The Morgan fingerprint density at radius 1 is 0.941 bits per heavy atom. The Bertz CT molecular complexity index is 1290. The number of halogens is 2. The van der Waals surface area contributed by atoms with Crippen molar-refractivity contribution in [2.24, 2.45) is 0 Å². The van der Waals surface area contributed by atoms with Crippen molar-refractivity contribution in [1.82, 2.24) is 9.55 Å². The number of carbonyl (C=O) groups is 2. The minimum absolute atomic E-state index is 0.0167. The minimum atomic E-state index is -3.92. The summed E-state index contributed by atoms with van der Waals surface area (Å²) in [5, 5.41) is 0. The molecular formula is C23H18F2N2O7. The van der Waals surface area contributed by atoms with E-state index in [1.807, 2.05) is 4.98 Å². The monoisotopic (exact) mass is 475 g/mol. The Morgan fingerprint density at radius 3 is 2.12 bits per heavy atom. The first-order valence-corrected chi connectivity index (χ1v) is 10.1. The van der Waals surface area contributed by atoms with Crippen molar-refractivity contribution in [2.75, 3.05) is 6.61 Å². The predicted molar refractivity (Wildman–Crippen MR) is 113 cm³/mol. The van der Waals surface area contributed by atoms with Gasteiger partial charge < -0.3 is 14.2 Å². The molecule has 1 aromatic heterocycles. The van der Waals surface area contributed by atoms with Gasteiger partial charge in [-0.3, -0.25) is 14.3 Å². The molecule has 1 aliphatic rings. The molecule has 0 spiro atoms. The van der Waals surface area contributed by atoms with E-state index < -0.39 is 54.2 Å². The van der Waals surface area contributed by atoms with Crippen molar-refractivity contribution in [1.29, 1.82) is 0 Å². The molecule has 1 aliphatic heterocycles. The summed E-state index contributed by atoms with van der Waals surface area (Å²) in [6.07, 6.45) is -5.20. The highest BCUT2D eigenvalue weighted by molar-refractivity contribution is 5.90. The van der Waals surface area contributed by atoms with E-state index in [-0.39, 0.29) is 11.1 Å². The third-order valence-corrected chi connectivity index (χ3v) is 5.09. The first-order valence-electron chi connectivity index (χ1n) is 10.1. The quantitative estimate of drug-likeness (QED) is 0.543. The SMILES string of the molecule is O=C(OC[C@H]1O[C@H]([15n]2ccc(=O)[15nH][13c]2=O)C(F)(F)[C@@H]1OC(=O)c1ccccc1)c1ccccc1. The van der Waals surface area contributed by atoms with Gasteiger partial charge in [-0.1, -0.05) is 36.4 Å². The lowest BCUT2D eigenvalue weighted by Crippen LogP contribution is -2.45. The van der Waals surface area contributed by atoms with Crippen LogP contribution in [-0.4, -0.2) is 46.2 Å². The smallest absolute Gasteiger partial charge is 0.338 e. The lowest BCUT2D eigenvalue weighted by Gasteiger charge is -2.24. The molecule has 9 nitrogen and oxygen atoms in total. The molecule has 1 saturated heterocycles. The number of alkyl halides is 2. The van der Waals surface area contributed by atoms with E-state index in [9.17, 15) is 19.2 Å². The van der Waals surface area contributed by atoms with Crippen molar-refractivity contribution in [2.45, 2.75) is 24.4 Å². The molecule has 3 aromatic rings. The highest BCUT2D eigenvalue weighted by Crippen LogP contribution is 2.44. The van der Waals surface area contributed by atoms with Gasteiger partial charge in [0.15, 0.2) is 6.10 Å². The molecular weight excluding hydrogens is 457 g/mol. The standard InChI is InChI=1S/C23H18F2N2O7/c24-23(25)18(34-20(30)15-9-5-2-6-10-15)16(13-32-19(29)14-7-3-1-4-8-14)33-21(23)27-12-11-17(28)26-22(27)31/h1-12,16,18,21H,13H2,(H,26,28,31)/t16-,18-,21+/m1/s1/i22+1,26+1,27+1. The lowest BCUT2D eigenvalue weighted by molar-refractivity contribution is -0.142. The van der Waals surface area contributed by atoms with Gasteiger partial charge in [0.25, 0.3) is 5.56 Å². The van der Waals surface area contributed by atoms with Crippen LogP contribution in [0.4, 0.5) is 8.78 Å². The molecule has 0 unspecified atom stereocenters. The molecule has 0 aliphatic carbocycles. The molecule has 2 aromatic carbocycles. The maximum Gasteiger partial charge on any atom is 0.338 e. The summed E-state index contributed by atoms with van der Waals surface area (Å²) in [5.74, 6) is -5.77. The molecule has 34 heavy (non-hydrogen) atoms. The van der Waals surface area contributed by atoms with E-state index in [0.717, 1.165) is 12.3 Å². The molecule has 0 bridgehead atoms. The van der Waals surface area contributed by atoms with Crippen LogP contribution < -0.4 is 11.2 Å². The van der Waals surface area contributed by atoms with E-state index in [1.165, 1.54) is 36.4 Å². The number of hydrogen-bond donors (Lipinski definition) is 1. The normalized spacial score (nSPS) is 21.1. The average Bonchev–Trinajstić information content (AvgIpc) is 3.08. The van der Waals surface area contributed by atoms with Crippen LogP contribution >= 0.6 is 0 Å². The second-order valence-corrected chi connectivity index (χ2v) is 7.38. The van der Waals surface area contributed by atoms with Gasteiger partial charge in [0.2, 0.25) is 6.23 Å². The van der Waals surface area contributed by atoms with E-state index in [4.69, 9.17) is 14.2 Å². The molecule has 11 heteroatoms. The lowest BCUT2D eigenvalue weighted by atomic mass is 10.1. The van der Waals surface area contributed by atoms with Crippen molar-refractivity contribution < 1.29 is 32.6 Å². The number of H-pyrrole nitrogens is 1. The number of aromatic nitrogens is 2. The van der Waals surface area contributed by atoms with Crippen LogP contribution in [-0.2, 0) is 14.2 Å². The van der Waals surface area contributed by atoms with E-state index in [2.05, 4.69) is 0 Å². The number of nitrogens with one attached hydrogen (secondary N) is 1. The first kappa shape index (κ1) is 23.1. The predicted octanol–water partition coefficient (Wildman–Crippen LogP) is 2.15. The number of benzene rings is 2. The highest BCUT2D eigenvalue weighted by atomic mass is 19.3. The summed E-state index contributed by atoms with van der Waals surface area (Å²) in [5.41, 5.74) is -1.74. The van der Waals surface area contributed by atoms with E-state index in [0.29, 0.717) is 4.57 Å². The Hall–Kier alpha value is -4.12. The molecule has 0 saturated carbocycles. The van der Waals surface area contributed by atoms with Crippen LogP contribution in [0.3, 0.4) is 0 Å². The van der Waals surface area contributed by atoms with Crippen LogP contribution in [0, 0.1) is 0 Å². The van der Waals surface area contributed by atoms with Crippen LogP contribution in [0.2, 0.25) is 0 Å². The molecule has 176 valence electrons. The number of carbonyl (C=O) groups excluding carboxylic acids is 2. The van der Waals surface area contributed by atoms with Gasteiger partial charge in [-0.25, -0.2) is 14.4 Å². The summed E-state index contributed by atoms with van der Waals surface area (Å²) < 4.78 is 46.9. The fourth-order valence-electron chi connectivity index (χ4n) is 3.43. The second-order valence-electron chi connectivity index (χ2n) is 7.38. The number of hydrogen-bond acceptors (Lipinski definition) is 7. The van der Waals surface area contributed by atoms with Crippen molar-refractivity contribution in [3.05, 3.63) is 105 Å². The number of nitrogens with zero attached hydrogens (tertiary/aromatic N) is 1. The number of aromatic amines is 1.